The smallest absolute Gasteiger partial charge is 0.227 e. The Bertz CT molecular complexity index is 1110. The molecule has 5 rings (SSSR count). The number of hydrogen-bond donors (Lipinski definition) is 0. The van der Waals surface area contributed by atoms with E-state index in [9.17, 15) is 4.79 Å². The molecular weight excluding hydrogens is 529 g/mol. The second-order valence-electron chi connectivity index (χ2n) is 11.7. The molecular formula is C32H43Cl2N3O2. The average Bonchev–Trinajstić information content (AvgIpc) is 2.98. The number of hydrogen-bond acceptors (Lipinski definition) is 4. The molecule has 3 aliphatic rings. The maximum Gasteiger partial charge on any atom is 0.227 e. The minimum Gasteiger partial charge on any atom is -0.496 e. The number of rotatable bonds is 8. The van der Waals surface area contributed by atoms with Crippen LogP contribution in [0.15, 0.2) is 42.5 Å². The molecule has 0 N–H and O–H groups in total. The molecule has 1 atom stereocenters. The van der Waals surface area contributed by atoms with Gasteiger partial charge in [-0.1, -0.05) is 66.7 Å². The summed E-state index contributed by atoms with van der Waals surface area (Å²) in [5.41, 5.74) is 2.00. The molecule has 0 radical (unpaired) electrons. The number of para-hydroxylation sites is 1. The van der Waals surface area contributed by atoms with Crippen LogP contribution in [0.4, 0.5) is 0 Å². The molecule has 2 heterocycles. The van der Waals surface area contributed by atoms with Crippen LogP contribution in [0.3, 0.4) is 0 Å². The van der Waals surface area contributed by atoms with Gasteiger partial charge in [0.15, 0.2) is 0 Å². The largest absolute Gasteiger partial charge is 0.496 e. The minimum absolute atomic E-state index is 0.135. The van der Waals surface area contributed by atoms with Gasteiger partial charge in [-0.05, 0) is 62.4 Å². The van der Waals surface area contributed by atoms with E-state index in [-0.39, 0.29) is 11.3 Å². The van der Waals surface area contributed by atoms with E-state index < -0.39 is 0 Å². The zero-order valence-electron chi connectivity index (χ0n) is 23.3. The maximum atomic E-state index is 13.6. The van der Waals surface area contributed by atoms with Gasteiger partial charge >= 0.3 is 0 Å². The zero-order chi connectivity index (χ0) is 27.2. The van der Waals surface area contributed by atoms with Crippen LogP contribution >= 0.6 is 23.2 Å². The van der Waals surface area contributed by atoms with E-state index >= 15 is 0 Å². The number of piperazine rings is 1. The predicted octanol–water partition coefficient (Wildman–Crippen LogP) is 6.45. The fraction of sp³-hybridized carbons (Fsp3) is 0.594. The van der Waals surface area contributed by atoms with Gasteiger partial charge in [-0.25, -0.2) is 0 Å². The van der Waals surface area contributed by atoms with Crippen molar-refractivity contribution in [3.8, 4) is 5.75 Å². The van der Waals surface area contributed by atoms with Gasteiger partial charge in [0.2, 0.25) is 5.91 Å². The molecule has 5 nitrogen and oxygen atoms in total. The zero-order valence-corrected chi connectivity index (χ0v) is 24.9. The summed E-state index contributed by atoms with van der Waals surface area (Å²) >= 11 is 12.8. The highest BCUT2D eigenvalue weighted by Crippen LogP contribution is 2.40. The Labute approximate surface area is 244 Å². The first-order valence-electron chi connectivity index (χ1n) is 14.8. The van der Waals surface area contributed by atoms with Gasteiger partial charge in [-0.15, -0.1) is 0 Å². The van der Waals surface area contributed by atoms with Gasteiger partial charge in [0.05, 0.1) is 23.6 Å². The van der Waals surface area contributed by atoms with Crippen molar-refractivity contribution in [3.63, 3.8) is 0 Å². The van der Waals surface area contributed by atoms with Crippen LogP contribution in [0.2, 0.25) is 10.0 Å². The molecule has 39 heavy (non-hydrogen) atoms. The van der Waals surface area contributed by atoms with E-state index in [1.54, 1.807) is 7.11 Å². The maximum absolute atomic E-state index is 13.6. The Hall–Kier alpha value is -1.79. The molecule has 2 saturated heterocycles. The van der Waals surface area contributed by atoms with Crippen LogP contribution in [-0.4, -0.2) is 79.6 Å². The number of nitrogens with zero attached hydrogens (tertiary/aromatic N) is 3. The van der Waals surface area contributed by atoms with Gasteiger partial charge in [-0.3, -0.25) is 9.69 Å². The average molecular weight is 573 g/mol. The Balaban J connectivity index is 1.28. The second-order valence-corrected chi connectivity index (χ2v) is 12.6. The first-order chi connectivity index (χ1) is 19.0. The molecule has 1 amide bonds. The monoisotopic (exact) mass is 571 g/mol. The lowest BCUT2D eigenvalue weighted by Gasteiger charge is -2.46. The molecule has 0 bridgehead atoms. The standard InChI is InChI=1S/C32H43Cl2N3O2/c1-39-30-11-6-5-8-25(30)22-31(38)37-16-7-14-32(24-37,26-12-13-28(33)29(34)23-26)15-17-35-18-20-36(21-19-35)27-9-3-2-4-10-27/h5-6,8,11-13,23,27H,2-4,7,9-10,14-22,24H2,1H3/t32-/m1/s1. The number of benzene rings is 2. The molecule has 1 saturated carbocycles. The van der Waals surface area contributed by atoms with Gasteiger partial charge < -0.3 is 14.5 Å². The molecule has 3 fully saturated rings. The van der Waals surface area contributed by atoms with E-state index in [0.717, 1.165) is 62.8 Å². The lowest BCUT2D eigenvalue weighted by Crippen LogP contribution is -2.53. The molecule has 2 aromatic rings. The highest BCUT2D eigenvalue weighted by atomic mass is 35.5. The van der Waals surface area contributed by atoms with Crippen molar-refractivity contribution in [1.29, 1.82) is 0 Å². The number of ether oxygens (including phenoxy) is 1. The number of amides is 1. The van der Waals surface area contributed by atoms with Crippen LogP contribution in [0.25, 0.3) is 0 Å². The molecule has 0 spiro atoms. The van der Waals surface area contributed by atoms with Crippen molar-refractivity contribution in [1.82, 2.24) is 14.7 Å². The SMILES string of the molecule is COc1ccccc1CC(=O)N1CCC[C@](CCN2CCN(C3CCCCC3)CC2)(c2ccc(Cl)c(Cl)c2)C1. The van der Waals surface area contributed by atoms with Crippen LogP contribution in [0, 0.1) is 0 Å². The third-order valence-corrected chi connectivity index (χ3v) is 10.1. The Morgan fingerprint density at radius 1 is 0.949 bits per heavy atom. The molecule has 7 heteroatoms. The van der Waals surface area contributed by atoms with Crippen LogP contribution in [0.5, 0.6) is 5.75 Å². The van der Waals surface area contributed by atoms with E-state index in [0.29, 0.717) is 23.0 Å². The fourth-order valence-corrected chi connectivity index (χ4v) is 7.35. The number of halogens is 2. The second kappa shape index (κ2) is 13.2. The molecule has 1 aliphatic carbocycles. The molecule has 212 valence electrons. The fourth-order valence-electron chi connectivity index (χ4n) is 7.05. The summed E-state index contributed by atoms with van der Waals surface area (Å²) < 4.78 is 5.51. The summed E-state index contributed by atoms with van der Waals surface area (Å²) in [6, 6.07) is 14.7. The normalized spacial score (nSPS) is 23.6. The molecule has 0 unspecified atom stereocenters. The number of carbonyl (C=O) groups is 1. The van der Waals surface area contributed by atoms with Crippen molar-refractivity contribution in [2.24, 2.45) is 0 Å². The van der Waals surface area contributed by atoms with Crippen LogP contribution in [-0.2, 0) is 16.6 Å². The molecule has 2 aromatic carbocycles. The van der Waals surface area contributed by atoms with Gasteiger partial charge in [0.1, 0.15) is 5.75 Å². The lowest BCUT2D eigenvalue weighted by atomic mass is 9.71. The highest BCUT2D eigenvalue weighted by molar-refractivity contribution is 6.42. The summed E-state index contributed by atoms with van der Waals surface area (Å²) in [4.78, 5) is 21.0. The lowest BCUT2D eigenvalue weighted by molar-refractivity contribution is -0.132. The van der Waals surface area contributed by atoms with Crippen molar-refractivity contribution in [2.45, 2.75) is 69.2 Å². The topological polar surface area (TPSA) is 36.0 Å². The van der Waals surface area contributed by atoms with Crippen molar-refractivity contribution >= 4 is 29.1 Å². The number of carbonyl (C=O) groups excluding carboxylic acids is 1. The summed E-state index contributed by atoms with van der Waals surface area (Å²) in [7, 11) is 1.66. The van der Waals surface area contributed by atoms with Gasteiger partial charge in [-0.2, -0.15) is 0 Å². The highest BCUT2D eigenvalue weighted by Gasteiger charge is 2.39. The Morgan fingerprint density at radius 3 is 2.46 bits per heavy atom. The van der Waals surface area contributed by atoms with E-state index in [1.165, 1.54) is 50.8 Å². The first-order valence-corrected chi connectivity index (χ1v) is 15.5. The predicted molar refractivity (Wildman–Crippen MR) is 160 cm³/mol. The van der Waals surface area contributed by atoms with Gasteiger partial charge in [0.25, 0.3) is 0 Å². The third kappa shape index (κ3) is 6.93. The summed E-state index contributed by atoms with van der Waals surface area (Å²) in [5.74, 6) is 0.927. The van der Waals surface area contributed by atoms with E-state index in [2.05, 4.69) is 20.8 Å². The van der Waals surface area contributed by atoms with Crippen LogP contribution in [0.1, 0.15) is 62.5 Å². The summed E-state index contributed by atoms with van der Waals surface area (Å²) in [6.45, 7) is 7.14. The summed E-state index contributed by atoms with van der Waals surface area (Å²) in [6.07, 6.45) is 10.3. The number of likely N-dealkylation sites (tertiary alicyclic amines) is 1. The Kier molecular flexibility index (Phi) is 9.76. The van der Waals surface area contributed by atoms with Crippen LogP contribution < -0.4 is 4.74 Å². The van der Waals surface area contributed by atoms with Gasteiger partial charge in [0, 0.05) is 56.3 Å². The van der Waals surface area contributed by atoms with E-state index in [4.69, 9.17) is 27.9 Å². The Morgan fingerprint density at radius 2 is 1.72 bits per heavy atom. The van der Waals surface area contributed by atoms with Crippen molar-refractivity contribution in [3.05, 3.63) is 63.6 Å². The minimum atomic E-state index is -0.135. The third-order valence-electron chi connectivity index (χ3n) is 9.40. The summed E-state index contributed by atoms with van der Waals surface area (Å²) in [5, 5.41) is 1.17. The van der Waals surface area contributed by atoms with Crippen molar-refractivity contribution < 1.29 is 9.53 Å². The van der Waals surface area contributed by atoms with E-state index in [1.807, 2.05) is 36.4 Å². The quantitative estimate of drug-likeness (QED) is 0.365. The number of methoxy groups -OCH3 is 1. The molecule has 2 aliphatic heterocycles. The molecule has 0 aromatic heterocycles. The number of piperidine rings is 1. The van der Waals surface area contributed by atoms with Crippen molar-refractivity contribution in [2.75, 3.05) is 52.9 Å². The first kappa shape index (κ1) is 28.7.